The summed E-state index contributed by atoms with van der Waals surface area (Å²) in [5, 5.41) is 9.47. The van der Waals surface area contributed by atoms with Crippen LogP contribution >= 0.6 is 0 Å². The van der Waals surface area contributed by atoms with Gasteiger partial charge >= 0.3 is 0 Å². The monoisotopic (exact) mass is 309 g/mol. The van der Waals surface area contributed by atoms with Crippen LogP contribution in [0.5, 0.6) is 5.75 Å². The summed E-state index contributed by atoms with van der Waals surface area (Å²) in [6.45, 7) is 3.60. The summed E-state index contributed by atoms with van der Waals surface area (Å²) in [6.07, 6.45) is 1.72. The number of benzene rings is 2. The number of rotatable bonds is 3. The zero-order valence-electron chi connectivity index (χ0n) is 13.1. The van der Waals surface area contributed by atoms with E-state index in [-0.39, 0.29) is 11.7 Å². The molecule has 1 amide bonds. The number of hydrogen-bond donors (Lipinski definition) is 3. The van der Waals surface area contributed by atoms with Crippen molar-refractivity contribution in [3.8, 4) is 16.9 Å². The van der Waals surface area contributed by atoms with Gasteiger partial charge in [-0.05, 0) is 54.3 Å². The first-order valence-corrected chi connectivity index (χ1v) is 7.09. The Kier molecular flexibility index (Phi) is 4.81. The lowest BCUT2D eigenvalue weighted by molar-refractivity contribution is -0.114. The van der Waals surface area contributed by atoms with Gasteiger partial charge in [-0.15, -0.1) is 0 Å². The lowest BCUT2D eigenvalue weighted by Gasteiger charge is -2.07. The summed E-state index contributed by atoms with van der Waals surface area (Å²) >= 11 is 0. The molecule has 0 saturated carbocycles. The summed E-state index contributed by atoms with van der Waals surface area (Å²) < 4.78 is 0. The lowest BCUT2D eigenvalue weighted by Crippen LogP contribution is -2.24. The van der Waals surface area contributed by atoms with E-state index in [1.54, 1.807) is 25.1 Å². The molecule has 0 radical (unpaired) electrons. The molecule has 2 rings (SSSR count). The van der Waals surface area contributed by atoms with Crippen molar-refractivity contribution in [1.29, 1.82) is 0 Å². The first-order valence-electron chi connectivity index (χ1n) is 7.09. The van der Waals surface area contributed by atoms with Crippen LogP contribution in [0.1, 0.15) is 18.1 Å². The van der Waals surface area contributed by atoms with Crippen LogP contribution in [0.25, 0.3) is 17.2 Å². The molecule has 23 heavy (non-hydrogen) atoms. The number of nitrogens with two attached hydrogens (primary N) is 2. The van der Waals surface area contributed by atoms with Crippen molar-refractivity contribution >= 4 is 17.9 Å². The molecule has 0 aliphatic carbocycles. The minimum absolute atomic E-state index is 0.249. The quantitative estimate of drug-likeness (QED) is 0.460. The minimum atomic E-state index is -0.455. The molecule has 0 heterocycles. The molecule has 0 unspecified atom stereocenters. The largest absolute Gasteiger partial charge is 0.508 e. The molecular weight excluding hydrogens is 290 g/mol. The fraction of sp³-hybridized carbons (Fsp3) is 0.111. The van der Waals surface area contributed by atoms with Gasteiger partial charge in [0.05, 0.1) is 0 Å². The Morgan fingerprint density at radius 3 is 2.35 bits per heavy atom. The number of aromatic hydroxyl groups is 1. The van der Waals surface area contributed by atoms with Crippen LogP contribution in [0, 0.1) is 6.92 Å². The van der Waals surface area contributed by atoms with Crippen molar-refractivity contribution in [2.75, 3.05) is 0 Å². The fourth-order valence-electron chi connectivity index (χ4n) is 2.25. The highest BCUT2D eigenvalue weighted by molar-refractivity contribution is 6.03. The summed E-state index contributed by atoms with van der Waals surface area (Å²) in [5.41, 5.74) is 14.8. The molecule has 2 aromatic rings. The zero-order chi connectivity index (χ0) is 17.0. The summed E-state index contributed by atoms with van der Waals surface area (Å²) in [4.78, 5) is 15.2. The number of phenols is 1. The first-order chi connectivity index (χ1) is 10.9. The highest BCUT2D eigenvalue weighted by atomic mass is 16.3. The maximum absolute atomic E-state index is 11.7. The third-order valence-electron chi connectivity index (χ3n) is 3.38. The van der Waals surface area contributed by atoms with Crippen molar-refractivity contribution < 1.29 is 9.90 Å². The molecule has 0 saturated heterocycles. The Hall–Kier alpha value is -3.08. The number of nitrogens with zero attached hydrogens (tertiary/aromatic N) is 1. The van der Waals surface area contributed by atoms with E-state index in [0.717, 1.165) is 22.3 Å². The van der Waals surface area contributed by atoms with Crippen LogP contribution in [0.15, 0.2) is 53.0 Å². The molecule has 5 nitrogen and oxygen atoms in total. The topological polar surface area (TPSA) is 102 Å². The Bertz CT molecular complexity index is 786. The van der Waals surface area contributed by atoms with Gasteiger partial charge in [0.15, 0.2) is 5.96 Å². The average molecular weight is 309 g/mol. The van der Waals surface area contributed by atoms with Gasteiger partial charge in [-0.3, -0.25) is 4.79 Å². The van der Waals surface area contributed by atoms with Gasteiger partial charge in [-0.2, -0.15) is 4.99 Å². The molecule has 5 N–H and O–H groups in total. The van der Waals surface area contributed by atoms with E-state index < -0.39 is 5.91 Å². The molecule has 2 aromatic carbocycles. The van der Waals surface area contributed by atoms with E-state index in [4.69, 9.17) is 11.5 Å². The third-order valence-corrected chi connectivity index (χ3v) is 3.38. The zero-order valence-corrected chi connectivity index (χ0v) is 13.1. The van der Waals surface area contributed by atoms with Gasteiger partial charge in [-0.1, -0.05) is 30.3 Å². The van der Waals surface area contributed by atoms with E-state index in [1.165, 1.54) is 0 Å². The number of aliphatic imine (C=N–C) groups is 1. The van der Waals surface area contributed by atoms with Gasteiger partial charge < -0.3 is 16.6 Å². The smallest absolute Gasteiger partial charge is 0.275 e. The van der Waals surface area contributed by atoms with Crippen LogP contribution in [-0.2, 0) is 4.79 Å². The predicted molar refractivity (Wildman–Crippen MR) is 92.7 cm³/mol. The number of aryl methyl sites for hydroxylation is 1. The highest BCUT2D eigenvalue weighted by Crippen LogP contribution is 2.26. The van der Waals surface area contributed by atoms with Crippen molar-refractivity contribution in [1.82, 2.24) is 0 Å². The van der Waals surface area contributed by atoms with Gasteiger partial charge in [0.1, 0.15) is 5.75 Å². The highest BCUT2D eigenvalue weighted by Gasteiger charge is 2.05. The van der Waals surface area contributed by atoms with Gasteiger partial charge in [0.25, 0.3) is 5.91 Å². The molecule has 0 atom stereocenters. The van der Waals surface area contributed by atoms with Gasteiger partial charge in [0.2, 0.25) is 0 Å². The molecule has 118 valence electrons. The second-order valence-electron chi connectivity index (χ2n) is 5.29. The Balaban J connectivity index is 2.26. The average Bonchev–Trinajstić information content (AvgIpc) is 2.47. The normalized spacial score (nSPS) is 11.1. The van der Waals surface area contributed by atoms with Crippen LogP contribution in [-0.4, -0.2) is 17.0 Å². The first kappa shape index (κ1) is 16.3. The van der Waals surface area contributed by atoms with Crippen LogP contribution in [0.2, 0.25) is 0 Å². The van der Waals surface area contributed by atoms with E-state index in [9.17, 15) is 9.90 Å². The van der Waals surface area contributed by atoms with E-state index in [0.29, 0.717) is 5.57 Å². The van der Waals surface area contributed by atoms with Crippen LogP contribution in [0.4, 0.5) is 0 Å². The van der Waals surface area contributed by atoms with E-state index >= 15 is 0 Å². The standard InChI is InChI=1S/C18H19N3O2/c1-11-10-15(22)7-8-16(11)14-5-3-13(4-6-14)9-12(2)17(23)21-18(19)20/h3-10,22H,1-2H3,(H4,19,20,21,23)/b12-9+. The number of amides is 1. The molecule has 5 heteroatoms. The second-order valence-corrected chi connectivity index (χ2v) is 5.29. The lowest BCUT2D eigenvalue weighted by atomic mass is 9.99. The SMILES string of the molecule is C/C(=C\c1ccc(-c2ccc(O)cc2C)cc1)C(=O)N=C(N)N. The molecule has 0 aliphatic heterocycles. The summed E-state index contributed by atoms with van der Waals surface area (Å²) in [5.74, 6) is -0.455. The molecular formula is C18H19N3O2. The number of carbonyl (C=O) groups excluding carboxylic acids is 1. The molecule has 0 fully saturated rings. The van der Waals surface area contributed by atoms with Crippen LogP contribution in [0.3, 0.4) is 0 Å². The maximum atomic E-state index is 11.7. The van der Waals surface area contributed by atoms with Crippen molar-refractivity contribution in [2.45, 2.75) is 13.8 Å². The number of phenolic OH excluding ortho intramolecular Hbond substituents is 1. The predicted octanol–water partition coefficient (Wildman–Crippen LogP) is 2.57. The van der Waals surface area contributed by atoms with E-state index in [2.05, 4.69) is 4.99 Å². The molecule has 0 aromatic heterocycles. The molecule has 0 spiro atoms. The van der Waals surface area contributed by atoms with Gasteiger partial charge in [0, 0.05) is 5.57 Å². The van der Waals surface area contributed by atoms with E-state index in [1.807, 2.05) is 37.3 Å². The molecule has 0 aliphatic rings. The Morgan fingerprint density at radius 2 is 1.78 bits per heavy atom. The summed E-state index contributed by atoms with van der Waals surface area (Å²) in [6, 6.07) is 13.0. The summed E-state index contributed by atoms with van der Waals surface area (Å²) in [7, 11) is 0. The van der Waals surface area contributed by atoms with Crippen LogP contribution < -0.4 is 11.5 Å². The fourth-order valence-corrected chi connectivity index (χ4v) is 2.25. The second kappa shape index (κ2) is 6.79. The van der Waals surface area contributed by atoms with Crippen molar-refractivity contribution in [3.63, 3.8) is 0 Å². The minimum Gasteiger partial charge on any atom is -0.508 e. The number of carbonyl (C=O) groups is 1. The Labute approximate surface area is 135 Å². The van der Waals surface area contributed by atoms with Gasteiger partial charge in [-0.25, -0.2) is 0 Å². The third kappa shape index (κ3) is 4.20. The maximum Gasteiger partial charge on any atom is 0.275 e. The molecule has 0 bridgehead atoms. The number of guanidine groups is 1. The van der Waals surface area contributed by atoms with Crippen molar-refractivity contribution in [2.24, 2.45) is 16.5 Å². The Morgan fingerprint density at radius 1 is 1.13 bits per heavy atom. The number of hydrogen-bond acceptors (Lipinski definition) is 2. The van der Waals surface area contributed by atoms with Crippen molar-refractivity contribution in [3.05, 3.63) is 59.2 Å².